The lowest BCUT2D eigenvalue weighted by Crippen LogP contribution is -2.08. The van der Waals surface area contributed by atoms with Crippen LogP contribution in [0.5, 0.6) is 0 Å². The molecule has 1 aromatic heterocycles. The minimum absolute atomic E-state index is 1.01. The van der Waals surface area contributed by atoms with Gasteiger partial charge in [-0.1, -0.05) is 0 Å². The zero-order valence-corrected chi connectivity index (χ0v) is 6.75. The van der Waals surface area contributed by atoms with Gasteiger partial charge in [-0.25, -0.2) is 0 Å². The van der Waals surface area contributed by atoms with Crippen LogP contribution in [0.15, 0.2) is 18.6 Å². The molecule has 0 aliphatic heterocycles. The predicted octanol–water partition coefficient (Wildman–Crippen LogP) is 0.629. The third-order valence-electron chi connectivity index (χ3n) is 1.48. The van der Waals surface area contributed by atoms with Crippen LogP contribution in [0.25, 0.3) is 0 Å². The van der Waals surface area contributed by atoms with Crippen molar-refractivity contribution in [2.24, 2.45) is 0 Å². The molecule has 60 valence electrons. The molecule has 11 heavy (non-hydrogen) atoms. The minimum atomic E-state index is 1.01. The molecular formula is C8H13N3. The van der Waals surface area contributed by atoms with Crippen LogP contribution in [0.2, 0.25) is 0 Å². The molecule has 1 aromatic rings. The van der Waals surface area contributed by atoms with E-state index in [2.05, 4.69) is 15.3 Å². The van der Waals surface area contributed by atoms with E-state index in [1.165, 1.54) is 0 Å². The molecule has 0 amide bonds. The van der Waals surface area contributed by atoms with Gasteiger partial charge in [0, 0.05) is 18.6 Å². The van der Waals surface area contributed by atoms with Crippen molar-refractivity contribution in [3.8, 4) is 0 Å². The van der Waals surface area contributed by atoms with E-state index < -0.39 is 0 Å². The summed E-state index contributed by atoms with van der Waals surface area (Å²) < 4.78 is 0. The van der Waals surface area contributed by atoms with Crippen molar-refractivity contribution in [1.29, 1.82) is 0 Å². The van der Waals surface area contributed by atoms with Crippen molar-refractivity contribution in [1.82, 2.24) is 15.3 Å². The summed E-state index contributed by atoms with van der Waals surface area (Å²) in [7, 11) is 1.96. The molecule has 0 saturated heterocycles. The Labute approximate surface area is 66.9 Å². The molecule has 0 spiro atoms. The van der Waals surface area contributed by atoms with Crippen molar-refractivity contribution < 1.29 is 0 Å². The Hall–Kier alpha value is -0.960. The summed E-state index contributed by atoms with van der Waals surface area (Å²) in [6.45, 7) is 1.04. The van der Waals surface area contributed by atoms with Gasteiger partial charge in [-0.3, -0.25) is 9.97 Å². The molecule has 0 saturated carbocycles. The van der Waals surface area contributed by atoms with Gasteiger partial charge in [0.25, 0.3) is 0 Å². The third kappa shape index (κ3) is 3.09. The van der Waals surface area contributed by atoms with Crippen LogP contribution >= 0.6 is 0 Å². The Kier molecular flexibility index (Phi) is 3.55. The van der Waals surface area contributed by atoms with Gasteiger partial charge in [0.1, 0.15) is 0 Å². The summed E-state index contributed by atoms with van der Waals surface area (Å²) in [4.78, 5) is 8.14. The van der Waals surface area contributed by atoms with Crippen LogP contribution in [0.4, 0.5) is 0 Å². The van der Waals surface area contributed by atoms with Crippen molar-refractivity contribution in [3.63, 3.8) is 0 Å². The number of rotatable bonds is 4. The maximum atomic E-state index is 4.16. The molecule has 0 aliphatic carbocycles. The second-order valence-corrected chi connectivity index (χ2v) is 2.40. The fraction of sp³-hybridized carbons (Fsp3) is 0.500. The average Bonchev–Trinajstić information content (AvgIpc) is 2.07. The van der Waals surface area contributed by atoms with Crippen molar-refractivity contribution in [2.75, 3.05) is 13.6 Å². The highest BCUT2D eigenvalue weighted by Gasteiger charge is 1.91. The summed E-state index contributed by atoms with van der Waals surface area (Å²) in [5.41, 5.74) is 1.07. The van der Waals surface area contributed by atoms with E-state index in [-0.39, 0.29) is 0 Å². The van der Waals surface area contributed by atoms with Crippen LogP contribution in [0.1, 0.15) is 12.1 Å². The first-order chi connectivity index (χ1) is 5.43. The van der Waals surface area contributed by atoms with Crippen LogP contribution in [0, 0.1) is 0 Å². The highest BCUT2D eigenvalue weighted by atomic mass is 14.8. The van der Waals surface area contributed by atoms with Crippen LogP contribution < -0.4 is 5.32 Å². The van der Waals surface area contributed by atoms with Gasteiger partial charge in [-0.05, 0) is 26.4 Å². The highest BCUT2D eigenvalue weighted by molar-refractivity contribution is 4.94. The molecule has 0 atom stereocenters. The number of nitrogens with zero attached hydrogens (tertiary/aromatic N) is 2. The van der Waals surface area contributed by atoms with Crippen LogP contribution in [0.3, 0.4) is 0 Å². The van der Waals surface area contributed by atoms with Gasteiger partial charge in [-0.2, -0.15) is 0 Å². The van der Waals surface area contributed by atoms with E-state index in [1.807, 2.05) is 13.2 Å². The molecule has 0 fully saturated rings. The van der Waals surface area contributed by atoms with E-state index in [9.17, 15) is 0 Å². The molecular weight excluding hydrogens is 138 g/mol. The monoisotopic (exact) mass is 151 g/mol. The van der Waals surface area contributed by atoms with Crippen molar-refractivity contribution in [3.05, 3.63) is 24.3 Å². The molecule has 0 bridgehead atoms. The Balaban J connectivity index is 2.28. The quantitative estimate of drug-likeness (QED) is 0.641. The topological polar surface area (TPSA) is 37.8 Å². The van der Waals surface area contributed by atoms with E-state index in [0.29, 0.717) is 0 Å². The van der Waals surface area contributed by atoms with E-state index in [4.69, 9.17) is 0 Å². The normalized spacial score (nSPS) is 9.91. The van der Waals surface area contributed by atoms with E-state index >= 15 is 0 Å². The smallest absolute Gasteiger partial charge is 0.0587 e. The summed E-state index contributed by atoms with van der Waals surface area (Å²) in [5, 5.41) is 3.09. The number of hydrogen-bond acceptors (Lipinski definition) is 3. The molecule has 1 rings (SSSR count). The Morgan fingerprint density at radius 1 is 1.45 bits per heavy atom. The van der Waals surface area contributed by atoms with Gasteiger partial charge in [0.2, 0.25) is 0 Å². The molecule has 0 aliphatic rings. The molecule has 3 heteroatoms. The summed E-state index contributed by atoms with van der Waals surface area (Å²) in [5.74, 6) is 0. The molecule has 0 aromatic carbocycles. The lowest BCUT2D eigenvalue weighted by molar-refractivity contribution is 0.713. The Morgan fingerprint density at radius 3 is 3.00 bits per heavy atom. The summed E-state index contributed by atoms with van der Waals surface area (Å²) in [6.07, 6.45) is 7.37. The second-order valence-electron chi connectivity index (χ2n) is 2.40. The standard InChI is InChI=1S/C8H13N3/c1-9-4-2-3-8-7-10-5-6-11-8/h5-7,9H,2-4H2,1H3. The maximum absolute atomic E-state index is 4.16. The van der Waals surface area contributed by atoms with Crippen molar-refractivity contribution in [2.45, 2.75) is 12.8 Å². The lowest BCUT2D eigenvalue weighted by Gasteiger charge is -1.97. The van der Waals surface area contributed by atoms with Gasteiger partial charge in [-0.15, -0.1) is 0 Å². The van der Waals surface area contributed by atoms with Crippen LogP contribution in [-0.2, 0) is 6.42 Å². The molecule has 1 heterocycles. The van der Waals surface area contributed by atoms with Gasteiger partial charge < -0.3 is 5.32 Å². The number of aromatic nitrogens is 2. The highest BCUT2D eigenvalue weighted by Crippen LogP contribution is 1.94. The third-order valence-corrected chi connectivity index (χ3v) is 1.48. The van der Waals surface area contributed by atoms with Crippen molar-refractivity contribution >= 4 is 0 Å². The largest absolute Gasteiger partial charge is 0.320 e. The SMILES string of the molecule is CNCCCc1cnccn1. The first-order valence-electron chi connectivity index (χ1n) is 3.83. The van der Waals surface area contributed by atoms with Gasteiger partial charge >= 0.3 is 0 Å². The first-order valence-corrected chi connectivity index (χ1v) is 3.83. The molecule has 3 nitrogen and oxygen atoms in total. The second kappa shape index (κ2) is 4.79. The number of nitrogens with one attached hydrogen (secondary N) is 1. The van der Waals surface area contributed by atoms with Gasteiger partial charge in [0.15, 0.2) is 0 Å². The average molecular weight is 151 g/mol. The predicted molar refractivity (Wildman–Crippen MR) is 44.3 cm³/mol. The fourth-order valence-corrected chi connectivity index (χ4v) is 0.905. The Morgan fingerprint density at radius 2 is 2.36 bits per heavy atom. The van der Waals surface area contributed by atoms with E-state index in [0.717, 1.165) is 25.1 Å². The molecule has 1 N–H and O–H groups in total. The van der Waals surface area contributed by atoms with Gasteiger partial charge in [0.05, 0.1) is 5.69 Å². The number of aryl methyl sites for hydroxylation is 1. The molecule has 0 radical (unpaired) electrons. The summed E-state index contributed by atoms with van der Waals surface area (Å²) in [6, 6.07) is 0. The van der Waals surface area contributed by atoms with Crippen LogP contribution in [-0.4, -0.2) is 23.6 Å². The zero-order valence-electron chi connectivity index (χ0n) is 6.75. The molecule has 0 unspecified atom stereocenters. The first kappa shape index (κ1) is 8.14. The maximum Gasteiger partial charge on any atom is 0.0587 e. The Bertz CT molecular complexity index is 186. The lowest BCUT2D eigenvalue weighted by atomic mass is 10.2. The minimum Gasteiger partial charge on any atom is -0.320 e. The number of hydrogen-bond donors (Lipinski definition) is 1. The van der Waals surface area contributed by atoms with E-state index in [1.54, 1.807) is 12.4 Å². The zero-order chi connectivity index (χ0) is 7.94. The summed E-state index contributed by atoms with van der Waals surface area (Å²) >= 11 is 0. The fourth-order valence-electron chi connectivity index (χ4n) is 0.905.